The number of halogens is 4. The minimum absolute atomic E-state index is 0.0491. The normalized spacial score (nSPS) is 12.7. The van der Waals surface area contributed by atoms with Crippen molar-refractivity contribution in [1.29, 1.82) is 0 Å². The molecule has 0 spiro atoms. The standard InChI is InChI=1S/C13H9BrF3NO3S2/c1-21-12(19)11-9(4-5-22-11)18-23(20)10-3-2-7(6-8(10)14)13(15,16)17/h2-6,18H,1H3. The van der Waals surface area contributed by atoms with Crippen molar-refractivity contribution in [2.45, 2.75) is 11.1 Å². The number of hydrogen-bond donors (Lipinski definition) is 1. The molecule has 1 aromatic heterocycles. The van der Waals surface area contributed by atoms with Crippen molar-refractivity contribution in [3.05, 3.63) is 44.6 Å². The lowest BCUT2D eigenvalue weighted by Gasteiger charge is -2.11. The highest BCUT2D eigenvalue weighted by Gasteiger charge is 2.31. The lowest BCUT2D eigenvalue weighted by molar-refractivity contribution is -0.137. The van der Waals surface area contributed by atoms with Gasteiger partial charge >= 0.3 is 12.1 Å². The van der Waals surface area contributed by atoms with E-state index in [1.807, 2.05) is 0 Å². The summed E-state index contributed by atoms with van der Waals surface area (Å²) >= 11 is 4.08. The van der Waals surface area contributed by atoms with E-state index in [-0.39, 0.29) is 19.9 Å². The fourth-order valence-electron chi connectivity index (χ4n) is 1.62. The van der Waals surface area contributed by atoms with E-state index in [4.69, 9.17) is 0 Å². The molecule has 0 saturated heterocycles. The van der Waals surface area contributed by atoms with E-state index in [1.165, 1.54) is 13.2 Å². The van der Waals surface area contributed by atoms with Crippen LogP contribution in [0.2, 0.25) is 0 Å². The van der Waals surface area contributed by atoms with Crippen LogP contribution >= 0.6 is 27.3 Å². The van der Waals surface area contributed by atoms with Gasteiger partial charge < -0.3 is 4.74 Å². The molecule has 124 valence electrons. The fourth-order valence-corrected chi connectivity index (χ4v) is 4.18. The number of hydrogen-bond acceptors (Lipinski definition) is 4. The maximum Gasteiger partial charge on any atom is 0.416 e. The average molecular weight is 428 g/mol. The third-order valence-corrected chi connectivity index (χ3v) is 5.67. The molecule has 0 aliphatic rings. The number of esters is 1. The second-order valence-electron chi connectivity index (χ2n) is 4.17. The molecule has 1 N–H and O–H groups in total. The maximum absolute atomic E-state index is 12.6. The summed E-state index contributed by atoms with van der Waals surface area (Å²) in [5.74, 6) is -0.592. The van der Waals surface area contributed by atoms with Gasteiger partial charge in [-0.3, -0.25) is 4.72 Å². The van der Waals surface area contributed by atoms with Crippen molar-refractivity contribution in [2.75, 3.05) is 11.8 Å². The van der Waals surface area contributed by atoms with Crippen LogP contribution in [-0.2, 0) is 21.9 Å². The molecule has 1 aromatic carbocycles. The van der Waals surface area contributed by atoms with Crippen molar-refractivity contribution < 1.29 is 26.9 Å². The summed E-state index contributed by atoms with van der Waals surface area (Å²) in [4.78, 5) is 11.9. The topological polar surface area (TPSA) is 55.4 Å². The fraction of sp³-hybridized carbons (Fsp3) is 0.154. The van der Waals surface area contributed by atoms with E-state index >= 15 is 0 Å². The molecule has 1 heterocycles. The number of rotatable bonds is 4. The summed E-state index contributed by atoms with van der Waals surface area (Å²) in [7, 11) is -0.636. The van der Waals surface area contributed by atoms with E-state index < -0.39 is 28.7 Å². The van der Waals surface area contributed by atoms with Gasteiger partial charge in [0.2, 0.25) is 0 Å². The molecule has 1 atom stereocenters. The number of methoxy groups -OCH3 is 1. The van der Waals surface area contributed by atoms with Crippen molar-refractivity contribution in [1.82, 2.24) is 0 Å². The molecule has 0 fully saturated rings. The predicted octanol–water partition coefficient (Wildman–Crippen LogP) is 4.45. The van der Waals surface area contributed by atoms with Crippen molar-refractivity contribution in [2.24, 2.45) is 0 Å². The van der Waals surface area contributed by atoms with Gasteiger partial charge in [-0.05, 0) is 45.6 Å². The van der Waals surface area contributed by atoms with Crippen LogP contribution < -0.4 is 4.72 Å². The molecule has 23 heavy (non-hydrogen) atoms. The minimum atomic E-state index is -4.48. The summed E-state index contributed by atoms with van der Waals surface area (Å²) in [6.45, 7) is 0. The zero-order chi connectivity index (χ0) is 17.2. The quantitative estimate of drug-likeness (QED) is 0.733. The number of nitrogens with one attached hydrogen (secondary N) is 1. The van der Waals surface area contributed by atoms with Gasteiger partial charge in [0.25, 0.3) is 0 Å². The lowest BCUT2D eigenvalue weighted by atomic mass is 10.2. The van der Waals surface area contributed by atoms with Gasteiger partial charge in [-0.2, -0.15) is 13.2 Å². The first kappa shape index (κ1) is 18.0. The Labute approximate surface area is 144 Å². The zero-order valence-corrected chi connectivity index (χ0v) is 14.7. The highest BCUT2D eigenvalue weighted by Crippen LogP contribution is 2.33. The van der Waals surface area contributed by atoms with Crippen molar-refractivity contribution in [3.63, 3.8) is 0 Å². The first-order chi connectivity index (χ1) is 10.7. The summed E-state index contributed by atoms with van der Waals surface area (Å²) in [6.07, 6.45) is -4.48. The Bertz CT molecular complexity index is 761. The van der Waals surface area contributed by atoms with Crippen LogP contribution in [0.3, 0.4) is 0 Å². The molecule has 4 nitrogen and oxygen atoms in total. The Hall–Kier alpha value is -1.39. The smallest absolute Gasteiger partial charge is 0.416 e. The number of alkyl halides is 3. The van der Waals surface area contributed by atoms with Gasteiger partial charge in [-0.15, -0.1) is 11.3 Å². The molecule has 0 bridgehead atoms. The van der Waals surface area contributed by atoms with Crippen LogP contribution in [-0.4, -0.2) is 17.3 Å². The molecule has 0 amide bonds. The van der Waals surface area contributed by atoms with Gasteiger partial charge in [0, 0.05) is 4.47 Å². The van der Waals surface area contributed by atoms with Gasteiger partial charge in [0.15, 0.2) is 11.0 Å². The third kappa shape index (κ3) is 4.12. The van der Waals surface area contributed by atoms with Crippen molar-refractivity contribution >= 4 is 49.9 Å². The van der Waals surface area contributed by atoms with E-state index in [0.29, 0.717) is 0 Å². The molecule has 1 unspecified atom stereocenters. The SMILES string of the molecule is COC(=O)c1sccc1NS(=O)c1ccc(C(F)(F)F)cc1Br. The molecule has 2 aromatic rings. The monoisotopic (exact) mass is 427 g/mol. The Morgan fingerprint density at radius 2 is 2.04 bits per heavy atom. The maximum atomic E-state index is 12.6. The molecule has 0 saturated carbocycles. The second-order valence-corrected chi connectivity index (χ2v) is 7.12. The van der Waals surface area contributed by atoms with Gasteiger partial charge in [-0.1, -0.05) is 0 Å². The van der Waals surface area contributed by atoms with Crippen LogP contribution in [0.25, 0.3) is 0 Å². The molecule has 0 aliphatic carbocycles. The van der Waals surface area contributed by atoms with E-state index in [0.717, 1.165) is 29.5 Å². The van der Waals surface area contributed by atoms with Crippen molar-refractivity contribution in [3.8, 4) is 0 Å². The number of thiophene rings is 1. The Morgan fingerprint density at radius 3 is 2.61 bits per heavy atom. The summed E-state index contributed by atoms with van der Waals surface area (Å²) in [5.41, 5.74) is -0.567. The predicted molar refractivity (Wildman–Crippen MR) is 84.8 cm³/mol. The van der Waals surface area contributed by atoms with E-state index in [9.17, 15) is 22.2 Å². The average Bonchev–Trinajstić information content (AvgIpc) is 2.93. The molecular formula is C13H9BrF3NO3S2. The van der Waals surface area contributed by atoms with Gasteiger partial charge in [-0.25, -0.2) is 9.00 Å². The van der Waals surface area contributed by atoms with Crippen LogP contribution in [0.4, 0.5) is 18.9 Å². The second kappa shape index (κ2) is 7.02. The lowest BCUT2D eigenvalue weighted by Crippen LogP contribution is -2.10. The van der Waals surface area contributed by atoms with Crippen LogP contribution in [0.15, 0.2) is 39.0 Å². The number of benzene rings is 1. The summed E-state index contributed by atoms with van der Waals surface area (Å²) in [5, 5.41) is 1.60. The minimum Gasteiger partial charge on any atom is -0.465 e. The number of carbonyl (C=O) groups excluding carboxylic acids is 1. The molecule has 2 rings (SSSR count). The summed E-state index contributed by atoms with van der Waals surface area (Å²) < 4.78 is 57.4. The molecule has 0 aliphatic heterocycles. The van der Waals surface area contributed by atoms with Crippen LogP contribution in [0.1, 0.15) is 15.2 Å². The molecule has 10 heteroatoms. The Kier molecular flexibility index (Phi) is 5.48. The van der Waals surface area contributed by atoms with E-state index in [2.05, 4.69) is 25.4 Å². The number of carbonyl (C=O) groups is 1. The number of anilines is 1. The molecule has 0 radical (unpaired) electrons. The largest absolute Gasteiger partial charge is 0.465 e. The summed E-state index contributed by atoms with van der Waals surface area (Å²) in [6, 6.07) is 4.34. The van der Waals surface area contributed by atoms with Gasteiger partial charge in [0.1, 0.15) is 4.88 Å². The highest BCUT2D eigenvalue weighted by atomic mass is 79.9. The van der Waals surface area contributed by atoms with Gasteiger partial charge in [0.05, 0.1) is 23.3 Å². The zero-order valence-electron chi connectivity index (χ0n) is 11.4. The first-order valence-electron chi connectivity index (χ1n) is 5.95. The Balaban J connectivity index is 2.25. The highest BCUT2D eigenvalue weighted by molar-refractivity contribution is 9.10. The van der Waals surface area contributed by atoms with Crippen LogP contribution in [0, 0.1) is 0 Å². The first-order valence-corrected chi connectivity index (χ1v) is 8.77. The number of ether oxygens (including phenoxy) is 1. The molecular weight excluding hydrogens is 419 g/mol. The third-order valence-electron chi connectivity index (χ3n) is 2.70. The van der Waals surface area contributed by atoms with Crippen LogP contribution in [0.5, 0.6) is 0 Å². The van der Waals surface area contributed by atoms with E-state index in [1.54, 1.807) is 5.38 Å². The Morgan fingerprint density at radius 1 is 1.35 bits per heavy atom.